The Morgan fingerprint density at radius 1 is 1.05 bits per heavy atom. The Morgan fingerprint density at radius 2 is 1.73 bits per heavy atom. The maximum atomic E-state index is 13.7. The van der Waals surface area contributed by atoms with Crippen molar-refractivity contribution < 1.29 is 42.4 Å². The van der Waals surface area contributed by atoms with Crippen molar-refractivity contribution in [2.75, 3.05) is 0 Å². The fraction of sp³-hybridized carbons (Fsp3) is 0.562. The van der Waals surface area contributed by atoms with Crippen LogP contribution in [0.2, 0.25) is 0 Å². The molecule has 0 heterocycles. The molecule has 1 aliphatic carbocycles. The van der Waals surface area contributed by atoms with Crippen molar-refractivity contribution >= 4 is 27.9 Å². The maximum Gasteiger partial charge on any atom is 0.573 e. The van der Waals surface area contributed by atoms with Gasteiger partial charge in [-0.1, -0.05) is 53.5 Å². The average molecular weight is 688 g/mol. The minimum Gasteiger partial charge on any atom is -0.444 e. The van der Waals surface area contributed by atoms with E-state index in [1.54, 1.807) is 26.8 Å². The molecule has 0 aromatic heterocycles. The number of alkyl carbamates (subject to hydrolysis) is 1. The Balaban J connectivity index is 1.88. The minimum absolute atomic E-state index is 0.00998. The van der Waals surface area contributed by atoms with Gasteiger partial charge in [0.1, 0.15) is 11.4 Å². The summed E-state index contributed by atoms with van der Waals surface area (Å²) in [5.74, 6) is -1.79. The first-order chi connectivity index (χ1) is 20.5. The highest BCUT2D eigenvalue weighted by Crippen LogP contribution is 2.28. The predicted octanol–water partition coefficient (Wildman–Crippen LogP) is 6.06. The molecule has 2 aromatic carbocycles. The van der Waals surface area contributed by atoms with Crippen LogP contribution in [0, 0.1) is 11.8 Å². The number of halogens is 4. The van der Waals surface area contributed by atoms with Crippen LogP contribution in [0.15, 0.2) is 53.0 Å². The van der Waals surface area contributed by atoms with Gasteiger partial charge in [-0.05, 0) is 94.2 Å². The van der Waals surface area contributed by atoms with Crippen molar-refractivity contribution in [3.8, 4) is 5.75 Å². The molecule has 6 atom stereocenters. The Morgan fingerprint density at radius 3 is 2.34 bits per heavy atom. The molecule has 244 valence electrons. The van der Waals surface area contributed by atoms with Crippen LogP contribution in [-0.2, 0) is 22.4 Å². The Kier molecular flexibility index (Phi) is 12.5. The first-order valence-electron chi connectivity index (χ1n) is 14.7. The number of hydrogen-bond acceptors (Lipinski definition) is 6. The summed E-state index contributed by atoms with van der Waals surface area (Å²) in [4.78, 5) is 26.5. The van der Waals surface area contributed by atoms with E-state index in [9.17, 15) is 33.0 Å². The number of alkyl halides is 3. The number of nitrogens with one attached hydrogen (secondary N) is 2. The smallest absolute Gasteiger partial charge is 0.444 e. The highest BCUT2D eigenvalue weighted by atomic mass is 79.9. The topological polar surface area (TPSA) is 117 Å². The third-order valence-corrected chi connectivity index (χ3v) is 8.07. The normalized spacial score (nSPS) is 21.1. The number of hydrogen-bond donors (Lipinski definition) is 4. The van der Waals surface area contributed by atoms with Crippen LogP contribution in [-0.4, -0.2) is 58.5 Å². The van der Waals surface area contributed by atoms with E-state index in [0.29, 0.717) is 12.0 Å². The van der Waals surface area contributed by atoms with Gasteiger partial charge in [0.25, 0.3) is 0 Å². The van der Waals surface area contributed by atoms with E-state index in [-0.39, 0.29) is 25.2 Å². The lowest BCUT2D eigenvalue weighted by Gasteiger charge is -2.35. The summed E-state index contributed by atoms with van der Waals surface area (Å²) in [7, 11) is 0. The van der Waals surface area contributed by atoms with Crippen LogP contribution in [0.1, 0.15) is 64.5 Å². The summed E-state index contributed by atoms with van der Waals surface area (Å²) in [6.45, 7) is 7.08. The Labute approximate surface area is 264 Å². The number of amides is 2. The zero-order valence-electron chi connectivity index (χ0n) is 25.4. The van der Waals surface area contributed by atoms with Crippen molar-refractivity contribution in [2.45, 2.75) is 102 Å². The summed E-state index contributed by atoms with van der Waals surface area (Å²) in [6, 6.07) is 11.3. The van der Waals surface area contributed by atoms with E-state index in [1.165, 1.54) is 18.2 Å². The molecule has 44 heavy (non-hydrogen) atoms. The summed E-state index contributed by atoms with van der Waals surface area (Å²) in [5.41, 5.74) is 0.409. The fourth-order valence-electron chi connectivity index (χ4n) is 5.42. The van der Waals surface area contributed by atoms with Crippen molar-refractivity contribution in [2.24, 2.45) is 11.8 Å². The van der Waals surface area contributed by atoms with Crippen LogP contribution in [0.5, 0.6) is 5.75 Å². The van der Waals surface area contributed by atoms with Gasteiger partial charge in [-0.15, -0.1) is 13.2 Å². The zero-order valence-corrected chi connectivity index (χ0v) is 27.0. The van der Waals surface area contributed by atoms with E-state index >= 15 is 0 Å². The Bertz CT molecular complexity index is 1230. The quantitative estimate of drug-likeness (QED) is 0.228. The molecule has 1 fully saturated rings. The van der Waals surface area contributed by atoms with Gasteiger partial charge in [-0.3, -0.25) is 4.79 Å². The lowest BCUT2D eigenvalue weighted by molar-refractivity contribution is -0.274. The van der Waals surface area contributed by atoms with Crippen LogP contribution in [0.25, 0.3) is 0 Å². The molecule has 0 radical (unpaired) electrons. The third kappa shape index (κ3) is 11.9. The molecule has 3 rings (SSSR count). The lowest BCUT2D eigenvalue weighted by Crippen LogP contribution is -2.52. The molecule has 4 N–H and O–H groups in total. The fourth-order valence-corrected chi connectivity index (χ4v) is 5.68. The number of carbonyl (C=O) groups excluding carboxylic acids is 2. The molecule has 0 saturated heterocycles. The van der Waals surface area contributed by atoms with Gasteiger partial charge in [0.05, 0.1) is 24.3 Å². The van der Waals surface area contributed by atoms with Gasteiger partial charge < -0.3 is 30.3 Å². The molecular weight excluding hydrogens is 645 g/mol. The van der Waals surface area contributed by atoms with E-state index in [4.69, 9.17) is 4.74 Å². The summed E-state index contributed by atoms with van der Waals surface area (Å²) in [6.07, 6.45) is -5.36. The second-order valence-electron chi connectivity index (χ2n) is 12.5. The minimum atomic E-state index is -4.88. The van der Waals surface area contributed by atoms with Gasteiger partial charge in [0, 0.05) is 10.4 Å². The number of aliphatic hydroxyl groups excluding tert-OH is 2. The van der Waals surface area contributed by atoms with Crippen molar-refractivity contribution in [1.29, 1.82) is 0 Å². The highest BCUT2D eigenvalue weighted by Gasteiger charge is 2.35. The van der Waals surface area contributed by atoms with Crippen LogP contribution in [0.3, 0.4) is 0 Å². The molecule has 0 spiro atoms. The molecule has 8 nitrogen and oxygen atoms in total. The summed E-state index contributed by atoms with van der Waals surface area (Å²) in [5, 5.41) is 27.8. The largest absolute Gasteiger partial charge is 0.573 e. The zero-order chi connectivity index (χ0) is 32.7. The first kappa shape index (κ1) is 35.6. The van der Waals surface area contributed by atoms with Crippen molar-refractivity contribution in [3.63, 3.8) is 0 Å². The molecule has 1 saturated carbocycles. The van der Waals surface area contributed by atoms with Crippen LogP contribution in [0.4, 0.5) is 18.0 Å². The molecule has 2 amide bonds. The molecule has 12 heteroatoms. The van der Waals surface area contributed by atoms with Gasteiger partial charge in [-0.2, -0.15) is 0 Å². The SMILES string of the molecule is C[C@@H]1CCC[C@@H](O)[C@H]1NC(=O)[C@H](Cc1cccc(OC(F)(F)F)c1)C[C@H](O)[C@H](Cc1ccc(Br)cc1)NC(=O)OC(C)(C)C. The summed E-state index contributed by atoms with van der Waals surface area (Å²) < 4.78 is 49.0. The maximum absolute atomic E-state index is 13.7. The number of carbonyl (C=O) groups is 2. The second kappa shape index (κ2) is 15.4. The van der Waals surface area contributed by atoms with Gasteiger partial charge in [-0.25, -0.2) is 4.79 Å². The number of benzene rings is 2. The first-order valence-corrected chi connectivity index (χ1v) is 15.5. The number of aliphatic hydroxyl groups is 2. The van der Waals surface area contributed by atoms with Crippen LogP contribution < -0.4 is 15.4 Å². The van der Waals surface area contributed by atoms with Gasteiger partial charge in [0.15, 0.2) is 0 Å². The number of ether oxygens (including phenoxy) is 2. The predicted molar refractivity (Wildman–Crippen MR) is 163 cm³/mol. The van der Waals surface area contributed by atoms with E-state index < -0.39 is 59.9 Å². The third-order valence-electron chi connectivity index (χ3n) is 7.54. The molecule has 2 aromatic rings. The second-order valence-corrected chi connectivity index (χ2v) is 13.4. The van der Waals surface area contributed by atoms with Crippen molar-refractivity contribution in [3.05, 3.63) is 64.1 Å². The van der Waals surface area contributed by atoms with Crippen molar-refractivity contribution in [1.82, 2.24) is 10.6 Å². The average Bonchev–Trinajstić information content (AvgIpc) is 2.89. The highest BCUT2D eigenvalue weighted by molar-refractivity contribution is 9.10. The lowest BCUT2D eigenvalue weighted by atomic mass is 9.82. The number of rotatable bonds is 11. The van der Waals surface area contributed by atoms with Crippen LogP contribution >= 0.6 is 15.9 Å². The molecule has 1 aliphatic rings. The molecular formula is C32H42BrF3N2O6. The standard InChI is InChI=1S/C32H42BrF3N2O6/c1-19-7-5-10-26(39)28(19)38-29(41)22(15-21-8-6-9-24(16-21)43-32(34,35)36)18-27(40)25(37-30(42)44-31(2,3)4)17-20-11-13-23(33)14-12-20/h6,8-9,11-14,16,19,22,25-28,39-40H,5,7,10,15,17-18H2,1-4H3,(H,37,42)(H,38,41)/t19-,22-,25+,26-,27+,28+/m1/s1. The molecule has 0 bridgehead atoms. The van der Waals surface area contributed by atoms with E-state index in [0.717, 1.165) is 22.9 Å². The summed E-state index contributed by atoms with van der Waals surface area (Å²) >= 11 is 3.39. The monoisotopic (exact) mass is 686 g/mol. The van der Waals surface area contributed by atoms with E-state index in [1.807, 2.05) is 31.2 Å². The molecule has 0 unspecified atom stereocenters. The Hall–Kier alpha value is -2.83. The van der Waals surface area contributed by atoms with Gasteiger partial charge >= 0.3 is 12.5 Å². The molecule has 0 aliphatic heterocycles. The van der Waals surface area contributed by atoms with E-state index in [2.05, 4.69) is 31.3 Å². The van der Waals surface area contributed by atoms with Gasteiger partial charge in [0.2, 0.25) is 5.91 Å².